The number of allylic oxidation sites excluding steroid dienone is 1. The maximum atomic E-state index is 13.2. The van der Waals surface area contributed by atoms with Crippen LogP contribution in [-0.2, 0) is 4.79 Å². The molecular formula is C24H29N3O4S. The monoisotopic (exact) mass is 455 g/mol. The van der Waals surface area contributed by atoms with Crippen molar-refractivity contribution in [3.05, 3.63) is 51.2 Å². The fourth-order valence-electron chi connectivity index (χ4n) is 3.89. The number of nitrogens with zero attached hydrogens (tertiary/aromatic N) is 1. The molecule has 0 bridgehead atoms. The minimum absolute atomic E-state index is 0.156. The van der Waals surface area contributed by atoms with E-state index in [-0.39, 0.29) is 19.1 Å². The molecule has 1 amide bonds. The first-order valence-electron chi connectivity index (χ1n) is 10.5. The summed E-state index contributed by atoms with van der Waals surface area (Å²) in [6.07, 6.45) is 2.07. The van der Waals surface area contributed by atoms with E-state index < -0.39 is 11.6 Å². The van der Waals surface area contributed by atoms with E-state index in [9.17, 15) is 9.90 Å². The predicted molar refractivity (Wildman–Crippen MR) is 128 cm³/mol. The minimum Gasteiger partial charge on any atom is -0.496 e. The van der Waals surface area contributed by atoms with E-state index in [0.717, 1.165) is 39.4 Å². The van der Waals surface area contributed by atoms with Gasteiger partial charge in [0, 0.05) is 28.1 Å². The average molecular weight is 456 g/mol. The summed E-state index contributed by atoms with van der Waals surface area (Å²) in [7, 11) is 1.65. The molecule has 170 valence electrons. The molecule has 2 aliphatic rings. The zero-order chi connectivity index (χ0) is 23.0. The number of carbonyl (C=O) groups is 1. The molecule has 1 aromatic heterocycles. The Morgan fingerprint density at radius 3 is 2.84 bits per heavy atom. The van der Waals surface area contributed by atoms with E-state index in [4.69, 9.17) is 9.47 Å². The van der Waals surface area contributed by atoms with Crippen LogP contribution in [0.5, 0.6) is 11.5 Å². The van der Waals surface area contributed by atoms with Crippen LogP contribution in [0.3, 0.4) is 0 Å². The van der Waals surface area contributed by atoms with Crippen LogP contribution in [0, 0.1) is 0 Å². The molecule has 0 saturated carbocycles. The van der Waals surface area contributed by atoms with Gasteiger partial charge < -0.3 is 19.9 Å². The molecule has 0 spiro atoms. The van der Waals surface area contributed by atoms with Gasteiger partial charge in [-0.1, -0.05) is 11.6 Å². The standard InChI is InChI=1S/C24H29N3O4S/c1-14(2)8-15-9-17-20(10-19(15)30-5)31-11-18-21(23(29)25-24(3,4)13-28)26-27(22(17)18)16-6-7-32-12-16/h6-10,12,21,26,28H,11,13H2,1-5H3,(H,25,29). The number of carbonyl (C=O) groups excluding carboxylic acids is 1. The Kier molecular flexibility index (Phi) is 6.03. The number of anilines is 1. The first kappa shape index (κ1) is 22.4. The summed E-state index contributed by atoms with van der Waals surface area (Å²) >= 11 is 1.59. The number of amides is 1. The molecule has 1 aromatic carbocycles. The summed E-state index contributed by atoms with van der Waals surface area (Å²) in [6, 6.07) is 5.35. The first-order valence-corrected chi connectivity index (χ1v) is 11.4. The maximum absolute atomic E-state index is 13.2. The minimum atomic E-state index is -0.729. The van der Waals surface area contributed by atoms with Gasteiger partial charge in [-0.15, -0.1) is 0 Å². The Morgan fingerprint density at radius 2 is 2.22 bits per heavy atom. The molecule has 4 rings (SSSR count). The number of thiophene rings is 1. The molecule has 0 aliphatic carbocycles. The van der Waals surface area contributed by atoms with Gasteiger partial charge in [-0.05, 0) is 45.2 Å². The lowest BCUT2D eigenvalue weighted by Crippen LogP contribution is -2.54. The Morgan fingerprint density at radius 1 is 1.44 bits per heavy atom. The van der Waals surface area contributed by atoms with Gasteiger partial charge in [0.2, 0.25) is 5.91 Å². The zero-order valence-electron chi connectivity index (χ0n) is 19.0. The number of rotatable bonds is 6. The van der Waals surface area contributed by atoms with Gasteiger partial charge in [-0.3, -0.25) is 9.80 Å². The van der Waals surface area contributed by atoms with Crippen molar-refractivity contribution in [3.63, 3.8) is 0 Å². The Labute approximate surface area is 192 Å². The number of hydrogen-bond acceptors (Lipinski definition) is 7. The molecule has 0 radical (unpaired) electrons. The van der Waals surface area contributed by atoms with Crippen molar-refractivity contribution in [1.82, 2.24) is 10.7 Å². The molecule has 2 aromatic rings. The normalized spacial score (nSPS) is 17.4. The third-order valence-corrected chi connectivity index (χ3v) is 6.10. The third-order valence-electron chi connectivity index (χ3n) is 5.43. The summed E-state index contributed by atoms with van der Waals surface area (Å²) in [5.74, 6) is 1.24. The molecule has 1 atom stereocenters. The van der Waals surface area contributed by atoms with Gasteiger partial charge in [0.25, 0.3) is 0 Å². The summed E-state index contributed by atoms with van der Waals surface area (Å²) in [5.41, 5.74) is 8.34. The third kappa shape index (κ3) is 4.13. The molecule has 7 nitrogen and oxygen atoms in total. The highest BCUT2D eigenvalue weighted by Gasteiger charge is 2.42. The van der Waals surface area contributed by atoms with E-state index in [1.54, 1.807) is 32.3 Å². The Bertz CT molecular complexity index is 1080. The van der Waals surface area contributed by atoms with Crippen molar-refractivity contribution in [2.24, 2.45) is 0 Å². The highest BCUT2D eigenvalue weighted by atomic mass is 32.1. The fourth-order valence-corrected chi connectivity index (χ4v) is 4.51. The molecule has 3 heterocycles. The molecule has 32 heavy (non-hydrogen) atoms. The lowest BCUT2D eigenvalue weighted by atomic mass is 9.96. The zero-order valence-corrected chi connectivity index (χ0v) is 19.8. The van der Waals surface area contributed by atoms with Crippen LogP contribution in [0.4, 0.5) is 5.69 Å². The lowest BCUT2D eigenvalue weighted by Gasteiger charge is -2.27. The lowest BCUT2D eigenvalue weighted by molar-refractivity contribution is -0.124. The summed E-state index contributed by atoms with van der Waals surface area (Å²) in [6.45, 7) is 7.78. The average Bonchev–Trinajstić information content (AvgIpc) is 3.40. The Balaban J connectivity index is 1.83. The van der Waals surface area contributed by atoms with Crippen molar-refractivity contribution in [3.8, 4) is 11.5 Å². The maximum Gasteiger partial charge on any atom is 0.243 e. The van der Waals surface area contributed by atoms with Gasteiger partial charge >= 0.3 is 0 Å². The van der Waals surface area contributed by atoms with Crippen molar-refractivity contribution < 1.29 is 19.4 Å². The smallest absolute Gasteiger partial charge is 0.243 e. The SMILES string of the molecule is COc1cc2c(cc1C=C(C)C)C1=C(CO2)C(C(=O)NC(C)(C)CO)NN1c1ccsc1. The van der Waals surface area contributed by atoms with Crippen LogP contribution in [0.25, 0.3) is 11.8 Å². The number of fused-ring (bicyclic) bond motifs is 2. The summed E-state index contributed by atoms with van der Waals surface area (Å²) < 4.78 is 11.7. The van der Waals surface area contributed by atoms with Crippen LogP contribution < -0.4 is 25.2 Å². The number of methoxy groups -OCH3 is 1. The van der Waals surface area contributed by atoms with Crippen molar-refractivity contribution in [2.45, 2.75) is 39.3 Å². The number of hydrazine groups is 1. The van der Waals surface area contributed by atoms with Gasteiger partial charge in [0.05, 0.1) is 30.6 Å². The van der Waals surface area contributed by atoms with E-state index in [1.165, 1.54) is 0 Å². The van der Waals surface area contributed by atoms with Crippen LogP contribution >= 0.6 is 11.3 Å². The van der Waals surface area contributed by atoms with E-state index in [0.29, 0.717) is 5.75 Å². The number of aliphatic hydroxyl groups is 1. The number of nitrogens with one attached hydrogen (secondary N) is 2. The van der Waals surface area contributed by atoms with Crippen LogP contribution in [-0.4, -0.2) is 42.9 Å². The predicted octanol–water partition coefficient (Wildman–Crippen LogP) is 3.56. The highest BCUT2D eigenvalue weighted by Crippen LogP contribution is 2.44. The molecule has 8 heteroatoms. The van der Waals surface area contributed by atoms with E-state index in [2.05, 4.69) is 22.9 Å². The van der Waals surface area contributed by atoms with E-state index >= 15 is 0 Å². The number of benzene rings is 1. The number of hydrogen-bond donors (Lipinski definition) is 3. The number of aliphatic hydroxyl groups excluding tert-OH is 1. The molecule has 1 unspecified atom stereocenters. The quantitative estimate of drug-likeness (QED) is 0.618. The van der Waals surface area contributed by atoms with Gasteiger partial charge in [-0.25, -0.2) is 5.43 Å². The van der Waals surface area contributed by atoms with Crippen molar-refractivity contribution in [2.75, 3.05) is 25.3 Å². The Hall–Kier alpha value is -2.81. The van der Waals surface area contributed by atoms with Crippen molar-refractivity contribution in [1.29, 1.82) is 0 Å². The second-order valence-electron chi connectivity index (χ2n) is 8.88. The van der Waals surface area contributed by atoms with Crippen molar-refractivity contribution >= 4 is 34.7 Å². The molecule has 3 N–H and O–H groups in total. The van der Waals surface area contributed by atoms with Crippen LogP contribution in [0.1, 0.15) is 38.8 Å². The van der Waals surface area contributed by atoms with Crippen LogP contribution in [0.15, 0.2) is 40.1 Å². The van der Waals surface area contributed by atoms with E-state index in [1.807, 2.05) is 41.7 Å². The topological polar surface area (TPSA) is 83.1 Å². The van der Waals surface area contributed by atoms with Crippen LogP contribution in [0.2, 0.25) is 0 Å². The van der Waals surface area contributed by atoms with Gasteiger partial charge in [0.1, 0.15) is 24.1 Å². The highest BCUT2D eigenvalue weighted by molar-refractivity contribution is 7.08. The first-order chi connectivity index (χ1) is 15.2. The second kappa shape index (κ2) is 8.61. The van der Waals surface area contributed by atoms with Gasteiger partial charge in [0.15, 0.2) is 0 Å². The van der Waals surface area contributed by atoms with Gasteiger partial charge in [-0.2, -0.15) is 11.3 Å². The second-order valence-corrected chi connectivity index (χ2v) is 9.66. The fraction of sp³-hybridized carbons (Fsp3) is 0.375. The molecule has 2 aliphatic heterocycles. The largest absolute Gasteiger partial charge is 0.496 e. The summed E-state index contributed by atoms with van der Waals surface area (Å²) in [4.78, 5) is 13.2. The summed E-state index contributed by atoms with van der Waals surface area (Å²) in [5, 5.41) is 18.5. The number of ether oxygens (including phenoxy) is 2. The molecule has 0 saturated heterocycles. The molecule has 0 fully saturated rings. The molecular weight excluding hydrogens is 426 g/mol.